The molecule has 1 N–H and O–H groups in total. The highest BCUT2D eigenvalue weighted by Crippen LogP contribution is 2.30. The van der Waals surface area contributed by atoms with E-state index in [0.717, 1.165) is 19.4 Å². The van der Waals surface area contributed by atoms with E-state index in [0.29, 0.717) is 24.9 Å². The van der Waals surface area contributed by atoms with Gasteiger partial charge in [-0.25, -0.2) is 8.42 Å². The average Bonchev–Trinajstić information content (AvgIpc) is 3.04. The Bertz CT molecular complexity index is 335. The summed E-state index contributed by atoms with van der Waals surface area (Å²) in [6.45, 7) is 9.74. The zero-order chi connectivity index (χ0) is 13.8. The van der Waals surface area contributed by atoms with E-state index in [1.165, 1.54) is 0 Å². The number of rotatable bonds is 9. The maximum absolute atomic E-state index is 12.3. The molecule has 0 aromatic carbocycles. The van der Waals surface area contributed by atoms with Crippen LogP contribution in [0.3, 0.4) is 0 Å². The predicted molar refractivity (Wildman–Crippen MR) is 76.1 cm³/mol. The molecule has 0 heterocycles. The van der Waals surface area contributed by atoms with Gasteiger partial charge in [0.2, 0.25) is 10.0 Å². The molecule has 0 aliphatic heterocycles. The van der Waals surface area contributed by atoms with Gasteiger partial charge in [-0.2, -0.15) is 4.31 Å². The van der Waals surface area contributed by atoms with Crippen molar-refractivity contribution in [3.63, 3.8) is 0 Å². The Kier molecular flexibility index (Phi) is 6.08. The van der Waals surface area contributed by atoms with Gasteiger partial charge in [-0.05, 0) is 31.7 Å². The van der Waals surface area contributed by atoms with Gasteiger partial charge in [0.25, 0.3) is 0 Å². The van der Waals surface area contributed by atoms with Crippen LogP contribution in [0.15, 0.2) is 0 Å². The molecule has 0 spiro atoms. The molecule has 1 aliphatic carbocycles. The predicted octanol–water partition coefficient (Wildman–Crippen LogP) is 1.82. The summed E-state index contributed by atoms with van der Waals surface area (Å²) in [7, 11) is -3.06. The Morgan fingerprint density at radius 2 is 1.83 bits per heavy atom. The zero-order valence-corrected chi connectivity index (χ0v) is 13.0. The van der Waals surface area contributed by atoms with E-state index in [1.54, 1.807) is 4.31 Å². The molecule has 0 unspecified atom stereocenters. The van der Waals surface area contributed by atoms with Gasteiger partial charge in [0.1, 0.15) is 0 Å². The maximum atomic E-state index is 12.3. The topological polar surface area (TPSA) is 49.4 Å². The van der Waals surface area contributed by atoms with E-state index in [1.807, 2.05) is 0 Å². The second kappa shape index (κ2) is 6.87. The van der Waals surface area contributed by atoms with Crippen LogP contribution in [-0.2, 0) is 10.0 Å². The van der Waals surface area contributed by atoms with Crippen molar-refractivity contribution in [1.29, 1.82) is 0 Å². The summed E-state index contributed by atoms with van der Waals surface area (Å²) >= 11 is 0. The summed E-state index contributed by atoms with van der Waals surface area (Å²) in [5, 5.41) is 3.26. The molecular weight excluding hydrogens is 248 g/mol. The van der Waals surface area contributed by atoms with E-state index < -0.39 is 10.0 Å². The van der Waals surface area contributed by atoms with Crippen molar-refractivity contribution in [1.82, 2.24) is 9.62 Å². The van der Waals surface area contributed by atoms with Crippen LogP contribution in [0.5, 0.6) is 0 Å². The van der Waals surface area contributed by atoms with E-state index in [4.69, 9.17) is 0 Å². The van der Waals surface area contributed by atoms with Crippen molar-refractivity contribution >= 4 is 10.0 Å². The first-order valence-electron chi connectivity index (χ1n) is 7.06. The van der Waals surface area contributed by atoms with Crippen LogP contribution in [0.4, 0.5) is 0 Å². The highest BCUT2D eigenvalue weighted by molar-refractivity contribution is 7.89. The Morgan fingerprint density at radius 3 is 2.28 bits per heavy atom. The standard InChI is InChI=1S/C13H28N2O2S/c1-11(2)10-15(13-6-7-13)18(16,17)9-5-8-14-12(3)4/h11-14H,5-10H2,1-4H3. The molecule has 0 aromatic rings. The average molecular weight is 276 g/mol. The molecule has 0 atom stereocenters. The first-order valence-corrected chi connectivity index (χ1v) is 8.66. The molecule has 5 heteroatoms. The lowest BCUT2D eigenvalue weighted by atomic mass is 10.2. The molecular formula is C13H28N2O2S. The zero-order valence-electron chi connectivity index (χ0n) is 12.1. The van der Waals surface area contributed by atoms with Gasteiger partial charge in [-0.15, -0.1) is 0 Å². The van der Waals surface area contributed by atoms with Gasteiger partial charge in [-0.3, -0.25) is 0 Å². The van der Waals surface area contributed by atoms with E-state index in [2.05, 4.69) is 33.0 Å². The third kappa shape index (κ3) is 5.67. The Morgan fingerprint density at radius 1 is 1.22 bits per heavy atom. The van der Waals surface area contributed by atoms with Crippen LogP contribution in [0.1, 0.15) is 47.0 Å². The first kappa shape index (κ1) is 15.9. The molecule has 1 fully saturated rings. The van der Waals surface area contributed by atoms with Crippen LogP contribution in [0.2, 0.25) is 0 Å². The van der Waals surface area contributed by atoms with E-state index >= 15 is 0 Å². The Hall–Kier alpha value is -0.130. The molecule has 0 saturated heterocycles. The molecule has 108 valence electrons. The second-order valence-corrected chi connectivity index (χ2v) is 8.01. The summed E-state index contributed by atoms with van der Waals surface area (Å²) in [4.78, 5) is 0. The number of nitrogens with one attached hydrogen (secondary N) is 1. The minimum absolute atomic E-state index is 0.274. The lowest BCUT2D eigenvalue weighted by Gasteiger charge is -2.23. The number of nitrogens with zero attached hydrogens (tertiary/aromatic N) is 1. The summed E-state index contributed by atoms with van der Waals surface area (Å²) in [6, 6.07) is 0.707. The highest BCUT2D eigenvalue weighted by Gasteiger charge is 2.36. The van der Waals surface area contributed by atoms with Gasteiger partial charge in [0.05, 0.1) is 5.75 Å². The lowest BCUT2D eigenvalue weighted by Crippen LogP contribution is -2.38. The molecule has 4 nitrogen and oxygen atoms in total. The van der Waals surface area contributed by atoms with Crippen LogP contribution in [-0.4, -0.2) is 43.6 Å². The Labute approximate surface area is 112 Å². The van der Waals surface area contributed by atoms with Gasteiger partial charge in [0, 0.05) is 18.6 Å². The van der Waals surface area contributed by atoms with Crippen LogP contribution < -0.4 is 5.32 Å². The number of hydrogen-bond donors (Lipinski definition) is 1. The lowest BCUT2D eigenvalue weighted by molar-refractivity contribution is 0.359. The van der Waals surface area contributed by atoms with E-state index in [-0.39, 0.29) is 11.8 Å². The van der Waals surface area contributed by atoms with Crippen LogP contribution in [0, 0.1) is 5.92 Å². The molecule has 0 aromatic heterocycles. The number of hydrogen-bond acceptors (Lipinski definition) is 3. The fourth-order valence-electron chi connectivity index (χ4n) is 1.97. The second-order valence-electron chi connectivity index (χ2n) is 5.97. The summed E-state index contributed by atoms with van der Waals surface area (Å²) in [5.74, 6) is 0.671. The molecule has 18 heavy (non-hydrogen) atoms. The SMILES string of the molecule is CC(C)CN(C1CC1)S(=O)(=O)CCCNC(C)C. The van der Waals surface area contributed by atoms with Crippen molar-refractivity contribution in [2.75, 3.05) is 18.8 Å². The van der Waals surface area contributed by atoms with E-state index in [9.17, 15) is 8.42 Å². The first-order chi connectivity index (χ1) is 8.33. The van der Waals surface area contributed by atoms with Gasteiger partial charge < -0.3 is 5.32 Å². The minimum Gasteiger partial charge on any atom is -0.314 e. The summed E-state index contributed by atoms with van der Waals surface area (Å²) in [6.07, 6.45) is 2.77. The van der Waals surface area contributed by atoms with Gasteiger partial charge >= 0.3 is 0 Å². The molecule has 0 amide bonds. The molecule has 0 radical (unpaired) electrons. The fourth-order valence-corrected chi connectivity index (χ4v) is 3.91. The number of sulfonamides is 1. The van der Waals surface area contributed by atoms with Crippen LogP contribution >= 0.6 is 0 Å². The fraction of sp³-hybridized carbons (Fsp3) is 1.00. The normalized spacial score (nSPS) is 17.1. The smallest absolute Gasteiger partial charge is 0.214 e. The third-order valence-electron chi connectivity index (χ3n) is 2.99. The molecule has 1 rings (SSSR count). The third-order valence-corrected chi connectivity index (χ3v) is 4.95. The van der Waals surface area contributed by atoms with Crippen molar-refractivity contribution in [3.8, 4) is 0 Å². The Balaban J connectivity index is 2.43. The molecule has 1 saturated carbocycles. The largest absolute Gasteiger partial charge is 0.314 e. The van der Waals surface area contributed by atoms with Crippen molar-refractivity contribution < 1.29 is 8.42 Å². The monoisotopic (exact) mass is 276 g/mol. The van der Waals surface area contributed by atoms with Crippen LogP contribution in [0.25, 0.3) is 0 Å². The quantitative estimate of drug-likeness (QED) is 0.654. The van der Waals surface area contributed by atoms with Crippen molar-refractivity contribution in [2.24, 2.45) is 5.92 Å². The molecule has 0 bridgehead atoms. The maximum Gasteiger partial charge on any atom is 0.214 e. The minimum atomic E-state index is -3.06. The van der Waals surface area contributed by atoms with Crippen molar-refractivity contribution in [2.45, 2.75) is 59.0 Å². The molecule has 1 aliphatic rings. The summed E-state index contributed by atoms with van der Waals surface area (Å²) in [5.41, 5.74) is 0. The summed E-state index contributed by atoms with van der Waals surface area (Å²) < 4.78 is 26.3. The van der Waals surface area contributed by atoms with Gasteiger partial charge in [-0.1, -0.05) is 27.7 Å². The highest BCUT2D eigenvalue weighted by atomic mass is 32.2. The van der Waals surface area contributed by atoms with Gasteiger partial charge in [0.15, 0.2) is 0 Å². The van der Waals surface area contributed by atoms with Crippen molar-refractivity contribution in [3.05, 3.63) is 0 Å².